The molecule has 0 aliphatic carbocycles. The largest absolute Gasteiger partial charge is 0.477 e. The number of carboxylic acid groups (broad SMARTS) is 1. The van der Waals surface area contributed by atoms with Crippen molar-refractivity contribution < 1.29 is 24.3 Å². The minimum absolute atomic E-state index is 0.0200. The van der Waals surface area contributed by atoms with E-state index in [2.05, 4.69) is 17.1 Å². The predicted octanol–water partition coefficient (Wildman–Crippen LogP) is -0.0752. The molecule has 2 N–H and O–H groups in total. The van der Waals surface area contributed by atoms with Crippen molar-refractivity contribution in [3.05, 3.63) is 12.2 Å². The van der Waals surface area contributed by atoms with Crippen LogP contribution in [0.3, 0.4) is 0 Å². The lowest BCUT2D eigenvalue weighted by molar-refractivity contribution is -0.131. The quantitative estimate of drug-likeness (QED) is 0.490. The Morgan fingerprint density at radius 2 is 2.39 bits per heavy atom. The molecular formula is C11H16N2O5. The van der Waals surface area contributed by atoms with Gasteiger partial charge in [-0.3, -0.25) is 4.79 Å². The summed E-state index contributed by atoms with van der Waals surface area (Å²) in [6, 6.07) is 0. The fourth-order valence-corrected chi connectivity index (χ4v) is 1.25. The molecule has 0 aromatic rings. The molecule has 0 saturated heterocycles. The van der Waals surface area contributed by atoms with Gasteiger partial charge in [-0.25, -0.2) is 4.79 Å². The molecule has 0 saturated carbocycles. The molecule has 0 aromatic carbocycles. The van der Waals surface area contributed by atoms with Crippen molar-refractivity contribution in [2.75, 3.05) is 19.8 Å². The van der Waals surface area contributed by atoms with Crippen LogP contribution in [0.15, 0.2) is 17.3 Å². The summed E-state index contributed by atoms with van der Waals surface area (Å²) in [5.74, 6) is -1.57. The minimum atomic E-state index is -1.17. The van der Waals surface area contributed by atoms with Gasteiger partial charge in [0.05, 0.1) is 13.2 Å². The van der Waals surface area contributed by atoms with Crippen LogP contribution in [-0.4, -0.2) is 48.6 Å². The molecule has 7 heteroatoms. The monoisotopic (exact) mass is 256 g/mol. The van der Waals surface area contributed by atoms with Crippen LogP contribution in [0.25, 0.3) is 0 Å². The number of nitrogens with one attached hydrogen (secondary N) is 1. The molecule has 7 nitrogen and oxygen atoms in total. The number of nitrogens with zero attached hydrogens (tertiary/aromatic N) is 1. The first-order valence-electron chi connectivity index (χ1n) is 5.46. The highest BCUT2D eigenvalue weighted by molar-refractivity contribution is 6.36. The smallest absolute Gasteiger partial charge is 0.353 e. The van der Waals surface area contributed by atoms with E-state index in [0.717, 1.165) is 5.57 Å². The van der Waals surface area contributed by atoms with E-state index >= 15 is 0 Å². The predicted molar refractivity (Wildman–Crippen MR) is 63.2 cm³/mol. The maximum Gasteiger partial charge on any atom is 0.353 e. The van der Waals surface area contributed by atoms with E-state index in [1.807, 2.05) is 6.92 Å². The number of amides is 1. The van der Waals surface area contributed by atoms with Crippen molar-refractivity contribution in [1.82, 2.24) is 5.32 Å². The van der Waals surface area contributed by atoms with Crippen LogP contribution < -0.4 is 5.32 Å². The summed E-state index contributed by atoms with van der Waals surface area (Å²) in [5, 5.41) is 14.5. The van der Waals surface area contributed by atoms with Gasteiger partial charge in [0, 0.05) is 13.0 Å². The first kappa shape index (κ1) is 14.2. The van der Waals surface area contributed by atoms with E-state index in [4.69, 9.17) is 14.7 Å². The Labute approximate surface area is 104 Å². The molecule has 1 aliphatic heterocycles. The van der Waals surface area contributed by atoms with Crippen molar-refractivity contribution in [3.63, 3.8) is 0 Å². The summed E-state index contributed by atoms with van der Waals surface area (Å²) in [5.41, 5.74) is 0.758. The Morgan fingerprint density at radius 1 is 1.67 bits per heavy atom. The number of carboxylic acids is 1. The van der Waals surface area contributed by atoms with E-state index in [-0.39, 0.29) is 12.1 Å². The van der Waals surface area contributed by atoms with E-state index < -0.39 is 18.0 Å². The molecule has 1 rings (SSSR count). The maximum atomic E-state index is 11.5. The molecule has 1 unspecified atom stereocenters. The number of hydrogen-bond acceptors (Lipinski definition) is 5. The number of hydrogen-bond donors (Lipinski definition) is 2. The molecule has 0 aromatic heterocycles. The Balaban J connectivity index is 2.16. The zero-order chi connectivity index (χ0) is 13.5. The first-order chi connectivity index (χ1) is 8.50. The highest BCUT2D eigenvalue weighted by Gasteiger charge is 2.31. The molecular weight excluding hydrogens is 240 g/mol. The third-order valence-corrected chi connectivity index (χ3v) is 2.10. The second-order valence-electron chi connectivity index (χ2n) is 3.94. The Kier molecular flexibility index (Phi) is 5.31. The van der Waals surface area contributed by atoms with Crippen molar-refractivity contribution >= 4 is 17.6 Å². The van der Waals surface area contributed by atoms with Gasteiger partial charge in [-0.2, -0.15) is 0 Å². The normalized spacial score (nSPS) is 17.8. The van der Waals surface area contributed by atoms with Crippen LogP contribution in [0, 0.1) is 0 Å². The van der Waals surface area contributed by atoms with Crippen molar-refractivity contribution in [3.8, 4) is 0 Å². The second kappa shape index (κ2) is 6.75. The highest BCUT2D eigenvalue weighted by Crippen LogP contribution is 2.10. The van der Waals surface area contributed by atoms with Gasteiger partial charge in [0.25, 0.3) is 5.91 Å². The van der Waals surface area contributed by atoms with Crippen molar-refractivity contribution in [1.29, 1.82) is 0 Å². The van der Waals surface area contributed by atoms with Crippen molar-refractivity contribution in [2.24, 2.45) is 5.16 Å². The zero-order valence-electron chi connectivity index (χ0n) is 10.1. The van der Waals surface area contributed by atoms with Crippen LogP contribution in [0.5, 0.6) is 0 Å². The molecule has 0 fully saturated rings. The summed E-state index contributed by atoms with van der Waals surface area (Å²) < 4.78 is 5.19. The lowest BCUT2D eigenvalue weighted by atomic mass is 10.2. The van der Waals surface area contributed by atoms with Gasteiger partial charge in [-0.15, -0.1) is 0 Å². The Hall–Kier alpha value is -1.89. The molecule has 1 atom stereocenters. The van der Waals surface area contributed by atoms with Crippen LogP contribution >= 0.6 is 0 Å². The van der Waals surface area contributed by atoms with Crippen molar-refractivity contribution in [2.45, 2.75) is 19.4 Å². The summed E-state index contributed by atoms with van der Waals surface area (Å²) in [4.78, 5) is 26.8. The van der Waals surface area contributed by atoms with Gasteiger partial charge in [-0.1, -0.05) is 17.3 Å². The zero-order valence-corrected chi connectivity index (χ0v) is 10.1. The summed E-state index contributed by atoms with van der Waals surface area (Å²) in [7, 11) is 0. The number of rotatable bonds is 7. The third-order valence-electron chi connectivity index (χ3n) is 2.10. The molecule has 0 spiro atoms. The van der Waals surface area contributed by atoms with Gasteiger partial charge in [0.2, 0.25) is 6.10 Å². The number of aliphatic carboxylic acids is 1. The van der Waals surface area contributed by atoms with Gasteiger partial charge in [0.1, 0.15) is 0 Å². The maximum absolute atomic E-state index is 11.5. The molecule has 18 heavy (non-hydrogen) atoms. The summed E-state index contributed by atoms with van der Waals surface area (Å²) in [6.45, 7) is 6.65. The van der Waals surface area contributed by atoms with Gasteiger partial charge in [-0.05, 0) is 6.92 Å². The molecule has 0 bridgehead atoms. The number of carbonyl (C=O) groups excluding carboxylic acids is 1. The highest BCUT2D eigenvalue weighted by atomic mass is 16.6. The van der Waals surface area contributed by atoms with Gasteiger partial charge < -0.3 is 20.0 Å². The van der Waals surface area contributed by atoms with E-state index in [0.29, 0.717) is 19.8 Å². The fraction of sp³-hybridized carbons (Fsp3) is 0.545. The topological polar surface area (TPSA) is 97.2 Å². The number of ether oxygens (including phenoxy) is 1. The van der Waals surface area contributed by atoms with E-state index in [1.165, 1.54) is 0 Å². The lowest BCUT2D eigenvalue weighted by Gasteiger charge is -2.09. The Morgan fingerprint density at radius 3 is 2.94 bits per heavy atom. The molecule has 1 aliphatic rings. The molecule has 100 valence electrons. The van der Waals surface area contributed by atoms with Gasteiger partial charge >= 0.3 is 5.97 Å². The standard InChI is InChI=1S/C11H16N2O5/c1-7(2)6-17-4-3-12-10(14)9-5-8(11(15)16)13-18-9/h9H,1,3-6H2,2H3,(H,12,14)(H,15,16). The third kappa shape index (κ3) is 4.54. The van der Waals surface area contributed by atoms with Crippen LogP contribution in [0.2, 0.25) is 0 Å². The molecule has 1 heterocycles. The van der Waals surface area contributed by atoms with Crippen LogP contribution in [0.4, 0.5) is 0 Å². The number of oxime groups is 1. The van der Waals surface area contributed by atoms with E-state index in [1.54, 1.807) is 0 Å². The minimum Gasteiger partial charge on any atom is -0.477 e. The van der Waals surface area contributed by atoms with Crippen LogP contribution in [-0.2, 0) is 19.2 Å². The lowest BCUT2D eigenvalue weighted by Crippen LogP contribution is -2.37. The van der Waals surface area contributed by atoms with Crippen LogP contribution in [0.1, 0.15) is 13.3 Å². The SMILES string of the molecule is C=C(C)COCCNC(=O)C1CC(C(=O)O)=NO1. The summed E-state index contributed by atoms with van der Waals surface area (Å²) >= 11 is 0. The number of carbonyl (C=O) groups is 2. The average Bonchev–Trinajstić information content (AvgIpc) is 2.77. The van der Waals surface area contributed by atoms with Gasteiger partial charge in [0.15, 0.2) is 5.71 Å². The molecule has 1 amide bonds. The van der Waals surface area contributed by atoms with E-state index in [9.17, 15) is 9.59 Å². The Bertz CT molecular complexity index is 378. The average molecular weight is 256 g/mol. The fourth-order valence-electron chi connectivity index (χ4n) is 1.25. The first-order valence-corrected chi connectivity index (χ1v) is 5.46. The summed E-state index contributed by atoms with van der Waals surface area (Å²) in [6.07, 6.45) is -0.884. The second-order valence-corrected chi connectivity index (χ2v) is 3.94. The molecule has 0 radical (unpaired) electrons.